The molecule has 1 aliphatic carbocycles. The first kappa shape index (κ1) is 17.7. The van der Waals surface area contributed by atoms with Gasteiger partial charge in [0, 0.05) is 19.8 Å². The van der Waals surface area contributed by atoms with Crippen LogP contribution >= 0.6 is 0 Å². The first-order valence-electron chi connectivity index (χ1n) is 7.65. The molecule has 2 amide bonds. The summed E-state index contributed by atoms with van der Waals surface area (Å²) in [5, 5.41) is 2.91. The summed E-state index contributed by atoms with van der Waals surface area (Å²) in [4.78, 5) is 13.6. The van der Waals surface area contributed by atoms with E-state index in [1.165, 1.54) is 11.0 Å². The first-order chi connectivity index (χ1) is 10.7. The minimum absolute atomic E-state index is 0.0810. The van der Waals surface area contributed by atoms with Gasteiger partial charge in [-0.1, -0.05) is 19.1 Å². The number of hydrogen-bond donors (Lipinski definition) is 1. The van der Waals surface area contributed by atoms with Gasteiger partial charge in [0.2, 0.25) is 0 Å². The van der Waals surface area contributed by atoms with Gasteiger partial charge in [-0.25, -0.2) is 17.6 Å². The van der Waals surface area contributed by atoms with Gasteiger partial charge in [-0.2, -0.15) is 0 Å². The zero-order chi connectivity index (χ0) is 17.2. The van der Waals surface area contributed by atoms with Crippen LogP contribution in [0.3, 0.4) is 0 Å². The minimum Gasteiger partial charge on any atom is -0.331 e. The fourth-order valence-electron chi connectivity index (χ4n) is 2.84. The summed E-state index contributed by atoms with van der Waals surface area (Å²) >= 11 is 0. The second-order valence-corrected chi connectivity index (χ2v) is 8.56. The van der Waals surface area contributed by atoms with Crippen LogP contribution in [-0.2, 0) is 16.3 Å². The van der Waals surface area contributed by atoms with Crippen LogP contribution in [0.25, 0.3) is 0 Å². The van der Waals surface area contributed by atoms with E-state index >= 15 is 0 Å². The second-order valence-electron chi connectivity index (χ2n) is 6.30. The third kappa shape index (κ3) is 4.43. The van der Waals surface area contributed by atoms with E-state index in [-0.39, 0.29) is 36.1 Å². The molecule has 2 atom stereocenters. The molecule has 128 valence electrons. The molecule has 0 aliphatic heterocycles. The van der Waals surface area contributed by atoms with Gasteiger partial charge in [0.15, 0.2) is 0 Å². The molecule has 1 aliphatic rings. The number of nitrogens with zero attached hydrogens (tertiary/aromatic N) is 1. The number of urea groups is 1. The number of fused-ring (bicyclic) bond motifs is 1. The molecule has 0 bridgehead atoms. The highest BCUT2D eigenvalue weighted by atomic mass is 32.2. The van der Waals surface area contributed by atoms with E-state index in [0.717, 1.165) is 18.2 Å². The summed E-state index contributed by atoms with van der Waals surface area (Å²) in [5.41, 5.74) is 1.48. The smallest absolute Gasteiger partial charge is 0.317 e. The molecule has 0 aromatic heterocycles. The lowest BCUT2D eigenvalue weighted by atomic mass is 9.80. The average molecular weight is 342 g/mol. The van der Waals surface area contributed by atoms with Crippen molar-refractivity contribution >= 4 is 15.9 Å². The average Bonchev–Trinajstić information content (AvgIpc) is 2.47. The number of amides is 2. The molecule has 23 heavy (non-hydrogen) atoms. The van der Waals surface area contributed by atoms with Gasteiger partial charge in [-0.15, -0.1) is 0 Å². The Hall–Kier alpha value is -1.63. The van der Waals surface area contributed by atoms with Gasteiger partial charge >= 0.3 is 6.03 Å². The molecule has 1 aromatic carbocycles. The largest absolute Gasteiger partial charge is 0.331 e. The molecule has 1 N–H and O–H groups in total. The quantitative estimate of drug-likeness (QED) is 0.911. The molecule has 5 nitrogen and oxygen atoms in total. The van der Waals surface area contributed by atoms with E-state index in [0.29, 0.717) is 12.0 Å². The van der Waals surface area contributed by atoms with Crippen LogP contribution in [0.2, 0.25) is 0 Å². The van der Waals surface area contributed by atoms with Crippen LogP contribution in [0.4, 0.5) is 9.18 Å². The highest BCUT2D eigenvalue weighted by Gasteiger charge is 2.30. The summed E-state index contributed by atoms with van der Waals surface area (Å²) in [6.45, 7) is 2.15. The van der Waals surface area contributed by atoms with Gasteiger partial charge in [0.25, 0.3) is 0 Å². The highest BCUT2D eigenvalue weighted by Crippen LogP contribution is 2.35. The lowest BCUT2D eigenvalue weighted by Gasteiger charge is -2.33. The van der Waals surface area contributed by atoms with Crippen molar-refractivity contribution in [2.45, 2.75) is 25.8 Å². The van der Waals surface area contributed by atoms with Crippen LogP contribution in [0.1, 0.15) is 30.5 Å². The van der Waals surface area contributed by atoms with E-state index in [1.807, 2.05) is 13.0 Å². The molecule has 1 aromatic rings. The van der Waals surface area contributed by atoms with Crippen molar-refractivity contribution in [1.29, 1.82) is 0 Å². The fourth-order valence-corrected chi connectivity index (χ4v) is 3.45. The third-order valence-electron chi connectivity index (χ3n) is 4.33. The number of carbonyl (C=O) groups is 1. The Morgan fingerprint density at radius 3 is 2.78 bits per heavy atom. The van der Waals surface area contributed by atoms with Crippen LogP contribution in [0.5, 0.6) is 0 Å². The first-order valence-corrected chi connectivity index (χ1v) is 9.71. The van der Waals surface area contributed by atoms with Crippen molar-refractivity contribution in [2.75, 3.05) is 25.6 Å². The lowest BCUT2D eigenvalue weighted by Crippen LogP contribution is -2.44. The Morgan fingerprint density at radius 2 is 2.13 bits per heavy atom. The number of nitrogens with one attached hydrogen (secondary N) is 1. The molecular formula is C16H23FN2O3S. The van der Waals surface area contributed by atoms with Crippen molar-refractivity contribution in [1.82, 2.24) is 10.2 Å². The Bertz CT molecular complexity index is 691. The van der Waals surface area contributed by atoms with Gasteiger partial charge in [0.05, 0.1) is 11.8 Å². The number of sulfone groups is 1. The number of halogens is 1. The van der Waals surface area contributed by atoms with Crippen molar-refractivity contribution in [2.24, 2.45) is 5.92 Å². The van der Waals surface area contributed by atoms with Gasteiger partial charge in [-0.05, 0) is 36.0 Å². The zero-order valence-electron chi connectivity index (χ0n) is 13.7. The van der Waals surface area contributed by atoms with Crippen LogP contribution in [0, 0.1) is 11.7 Å². The summed E-state index contributed by atoms with van der Waals surface area (Å²) in [6.07, 6.45) is 2.60. The van der Waals surface area contributed by atoms with Crippen LogP contribution < -0.4 is 5.32 Å². The van der Waals surface area contributed by atoms with E-state index in [1.54, 1.807) is 13.1 Å². The van der Waals surface area contributed by atoms with Gasteiger partial charge in [0.1, 0.15) is 15.7 Å². The Balaban J connectivity index is 2.10. The zero-order valence-corrected chi connectivity index (χ0v) is 14.5. The summed E-state index contributed by atoms with van der Waals surface area (Å²) < 4.78 is 36.3. The second kappa shape index (κ2) is 6.86. The Morgan fingerprint density at radius 1 is 1.43 bits per heavy atom. The molecule has 0 radical (unpaired) electrons. The van der Waals surface area contributed by atoms with Crippen molar-refractivity contribution in [3.05, 3.63) is 35.1 Å². The highest BCUT2D eigenvalue weighted by molar-refractivity contribution is 7.90. The number of hydrogen-bond acceptors (Lipinski definition) is 3. The van der Waals surface area contributed by atoms with Crippen LogP contribution in [-0.4, -0.2) is 44.9 Å². The van der Waals surface area contributed by atoms with Gasteiger partial charge in [-0.3, -0.25) is 0 Å². The molecule has 0 saturated heterocycles. The predicted molar refractivity (Wildman–Crippen MR) is 87.5 cm³/mol. The third-order valence-corrected chi connectivity index (χ3v) is 5.26. The van der Waals surface area contributed by atoms with Crippen molar-refractivity contribution < 1.29 is 17.6 Å². The minimum atomic E-state index is -3.12. The summed E-state index contributed by atoms with van der Waals surface area (Å²) in [6, 6.07) is 4.32. The Kier molecular flexibility index (Phi) is 5.29. The summed E-state index contributed by atoms with van der Waals surface area (Å²) in [7, 11) is -1.57. The van der Waals surface area contributed by atoms with Crippen molar-refractivity contribution in [3.8, 4) is 0 Å². The normalized spacial score (nSPS) is 20.7. The maximum absolute atomic E-state index is 13.9. The molecule has 2 rings (SSSR count). The lowest BCUT2D eigenvalue weighted by molar-refractivity contribution is 0.200. The van der Waals surface area contributed by atoms with Gasteiger partial charge < -0.3 is 10.2 Å². The number of benzene rings is 1. The van der Waals surface area contributed by atoms with E-state index in [2.05, 4.69) is 5.32 Å². The maximum Gasteiger partial charge on any atom is 0.317 e. The van der Waals surface area contributed by atoms with Crippen LogP contribution in [0.15, 0.2) is 18.2 Å². The van der Waals surface area contributed by atoms with E-state index < -0.39 is 9.84 Å². The molecule has 0 unspecified atom stereocenters. The SMILES string of the molecule is C[C@H]1CCc2c(F)cccc2[C@@H]1NC(=O)N(C)CCS(C)(=O)=O. The molecule has 0 spiro atoms. The van der Waals surface area contributed by atoms with E-state index in [9.17, 15) is 17.6 Å². The van der Waals surface area contributed by atoms with Crippen molar-refractivity contribution in [3.63, 3.8) is 0 Å². The van der Waals surface area contributed by atoms with E-state index in [4.69, 9.17) is 0 Å². The predicted octanol–water partition coefficient (Wildman–Crippen LogP) is 2.14. The molecule has 0 fully saturated rings. The molecule has 0 heterocycles. The number of rotatable bonds is 4. The topological polar surface area (TPSA) is 66.5 Å². The molecular weight excluding hydrogens is 319 g/mol. The summed E-state index contributed by atoms with van der Waals surface area (Å²) in [5.74, 6) is -0.127. The standard InChI is InChI=1S/C16H23FN2O3S/c1-11-7-8-12-13(5-4-6-14(12)17)15(11)18-16(20)19(2)9-10-23(3,21)22/h4-6,11,15H,7-10H2,1-3H3,(H,18,20)/t11-,15+/m0/s1. The number of carbonyl (C=O) groups excluding carboxylic acids is 1. The molecule has 0 saturated carbocycles. The Labute approximate surface area is 136 Å². The maximum atomic E-state index is 13.9. The fraction of sp³-hybridized carbons (Fsp3) is 0.562. The monoisotopic (exact) mass is 342 g/mol. The molecule has 7 heteroatoms.